The number of fused-ring (bicyclic) bond motifs is 1. The van der Waals surface area contributed by atoms with E-state index >= 15 is 0 Å². The van der Waals surface area contributed by atoms with Gasteiger partial charge in [0.05, 0.1) is 31.0 Å². The number of phosphoric ester groups is 1. The number of aliphatic hydroxyl groups is 2. The number of aromatic nitrogens is 4. The zero-order chi connectivity index (χ0) is 32.9. The lowest BCUT2D eigenvalue weighted by Gasteiger charge is -2.34. The fourth-order valence-corrected chi connectivity index (χ4v) is 5.20. The van der Waals surface area contributed by atoms with Crippen LogP contribution in [0.5, 0.6) is 0 Å². The highest BCUT2D eigenvalue weighted by Gasteiger charge is 2.65. The standard InChI is InChI=1S/C24H35ClN5O13P/c1-13(2)24(34)19(31)23(7-25,43-20(24)30-10-29-16-17(26)27-9-28-18(16)30)8-38-44(35,39-11-36-21(32)41-14(3)4)40-12-37-22(33)42-15(5)6/h9-10,14-15,19-20,31,34H,1,7-8,11-12H2,2-6H3,(H2,26,27,28)/t19-,20-,23-,24-/m1/s1. The Bertz CT molecular complexity index is 1360. The van der Waals surface area contributed by atoms with Crippen LogP contribution >= 0.6 is 19.4 Å². The van der Waals surface area contributed by atoms with Gasteiger partial charge in [0.15, 0.2) is 23.3 Å². The number of hydrogen-bond acceptors (Lipinski definition) is 17. The molecule has 1 aliphatic rings. The Morgan fingerprint density at radius 2 is 1.68 bits per heavy atom. The molecule has 2 aromatic rings. The highest BCUT2D eigenvalue weighted by Crippen LogP contribution is 2.54. The number of hydrogen-bond donors (Lipinski definition) is 3. The highest BCUT2D eigenvalue weighted by atomic mass is 35.5. The Morgan fingerprint density at radius 1 is 1.11 bits per heavy atom. The number of rotatable bonds is 14. The van der Waals surface area contributed by atoms with Crippen LogP contribution in [0.3, 0.4) is 0 Å². The van der Waals surface area contributed by atoms with Crippen molar-refractivity contribution in [3.05, 3.63) is 24.8 Å². The second-order valence-corrected chi connectivity index (χ2v) is 12.0. The molecule has 246 valence electrons. The van der Waals surface area contributed by atoms with Crippen molar-refractivity contribution < 1.29 is 61.6 Å². The molecular formula is C24H35ClN5O13P. The second kappa shape index (κ2) is 14.3. The molecule has 20 heteroatoms. The molecule has 0 unspecified atom stereocenters. The summed E-state index contributed by atoms with van der Waals surface area (Å²) in [4.78, 5) is 35.7. The molecule has 18 nitrogen and oxygen atoms in total. The summed E-state index contributed by atoms with van der Waals surface area (Å²) in [7, 11) is -4.80. The van der Waals surface area contributed by atoms with Crippen LogP contribution in [-0.4, -0.2) is 97.6 Å². The monoisotopic (exact) mass is 667 g/mol. The minimum Gasteiger partial charge on any atom is -0.432 e. The van der Waals surface area contributed by atoms with Crippen molar-refractivity contribution in [2.24, 2.45) is 0 Å². The molecule has 0 amide bonds. The van der Waals surface area contributed by atoms with Crippen molar-refractivity contribution in [1.82, 2.24) is 19.5 Å². The molecule has 0 radical (unpaired) electrons. The molecule has 0 aromatic carbocycles. The maximum Gasteiger partial charge on any atom is 0.510 e. The first-order valence-corrected chi connectivity index (χ1v) is 15.0. The third-order valence-electron chi connectivity index (χ3n) is 6.09. The quantitative estimate of drug-likeness (QED) is 0.0863. The van der Waals surface area contributed by atoms with E-state index in [1.807, 2.05) is 0 Å². The molecule has 0 spiro atoms. The van der Waals surface area contributed by atoms with E-state index in [4.69, 9.17) is 54.6 Å². The summed E-state index contributed by atoms with van der Waals surface area (Å²) >= 11 is 6.26. The van der Waals surface area contributed by atoms with Crippen molar-refractivity contribution in [1.29, 1.82) is 0 Å². The zero-order valence-corrected chi connectivity index (χ0v) is 26.2. The number of imidazole rings is 1. The van der Waals surface area contributed by atoms with E-state index in [-0.39, 0.29) is 22.6 Å². The number of carbonyl (C=O) groups excluding carboxylic acids is 2. The van der Waals surface area contributed by atoms with Gasteiger partial charge in [-0.25, -0.2) is 38.2 Å². The number of anilines is 1. The molecular weight excluding hydrogens is 633 g/mol. The average molecular weight is 668 g/mol. The van der Waals surface area contributed by atoms with Crippen molar-refractivity contribution in [2.75, 3.05) is 31.8 Å². The lowest BCUT2D eigenvalue weighted by Crippen LogP contribution is -2.54. The molecule has 0 bridgehead atoms. The highest BCUT2D eigenvalue weighted by molar-refractivity contribution is 7.48. The van der Waals surface area contributed by atoms with Crippen molar-refractivity contribution >= 4 is 48.7 Å². The normalized spacial score (nSPS) is 23.7. The first-order valence-electron chi connectivity index (χ1n) is 13.0. The van der Waals surface area contributed by atoms with Gasteiger partial charge in [0.25, 0.3) is 0 Å². The third kappa shape index (κ3) is 7.76. The molecule has 0 aliphatic carbocycles. The smallest absolute Gasteiger partial charge is 0.432 e. The molecule has 3 heterocycles. The predicted octanol–water partition coefficient (Wildman–Crippen LogP) is 2.78. The van der Waals surface area contributed by atoms with Crippen LogP contribution < -0.4 is 5.73 Å². The minimum absolute atomic E-state index is 0.0484. The summed E-state index contributed by atoms with van der Waals surface area (Å²) in [5.41, 5.74) is 2.03. The number of alkyl halides is 1. The first kappa shape index (κ1) is 35.4. The second-order valence-electron chi connectivity index (χ2n) is 10.1. The number of aliphatic hydroxyl groups excluding tert-OH is 1. The number of halogens is 1. The lowest BCUT2D eigenvalue weighted by molar-refractivity contribution is -0.119. The summed E-state index contributed by atoms with van der Waals surface area (Å²) in [5.74, 6) is -0.495. The van der Waals surface area contributed by atoms with Gasteiger partial charge in [0.1, 0.15) is 23.5 Å². The van der Waals surface area contributed by atoms with E-state index in [2.05, 4.69) is 21.5 Å². The summed E-state index contributed by atoms with van der Waals surface area (Å²) in [6.07, 6.45) is -4.25. The molecule has 4 N–H and O–H groups in total. The molecule has 0 saturated carbocycles. The van der Waals surface area contributed by atoms with Crippen LogP contribution in [0.1, 0.15) is 40.8 Å². The maximum atomic E-state index is 13.5. The Morgan fingerprint density at radius 3 is 2.18 bits per heavy atom. The molecule has 1 fully saturated rings. The Labute approximate surface area is 256 Å². The molecule has 44 heavy (non-hydrogen) atoms. The van der Waals surface area contributed by atoms with Crippen LogP contribution in [-0.2, 0) is 41.8 Å². The van der Waals surface area contributed by atoms with Crippen molar-refractivity contribution in [3.8, 4) is 0 Å². The van der Waals surface area contributed by atoms with Gasteiger partial charge in [-0.3, -0.25) is 9.09 Å². The first-order chi connectivity index (χ1) is 20.6. The van der Waals surface area contributed by atoms with Gasteiger partial charge < -0.3 is 39.6 Å². The summed E-state index contributed by atoms with van der Waals surface area (Å²) in [6.45, 7) is 8.67. The van der Waals surface area contributed by atoms with Crippen LogP contribution in [0.2, 0.25) is 0 Å². The van der Waals surface area contributed by atoms with Gasteiger partial charge >= 0.3 is 20.1 Å². The average Bonchev–Trinajstić information content (AvgIpc) is 3.46. The Hall–Kier alpha value is -3.09. The number of nitrogens with two attached hydrogens (primary N) is 1. The number of carbonyl (C=O) groups is 2. The molecule has 1 aliphatic heterocycles. The van der Waals surface area contributed by atoms with Gasteiger partial charge in [-0.15, -0.1) is 11.6 Å². The molecule has 4 atom stereocenters. The van der Waals surface area contributed by atoms with Crippen LogP contribution in [0, 0.1) is 0 Å². The number of phosphoric acid groups is 1. The third-order valence-corrected chi connectivity index (χ3v) is 7.83. The number of ether oxygens (including phenoxy) is 5. The SMILES string of the molecule is C=C(C)[C@@]1(O)[C@H](O)[C@@](CCl)(COP(=O)(OCOC(=O)OC(C)C)OCOC(=O)OC(C)C)O[C@H]1n1cnc2c(N)ncnc21. The maximum absolute atomic E-state index is 13.5. The Kier molecular flexibility index (Phi) is 11.5. The van der Waals surface area contributed by atoms with Gasteiger partial charge in [-0.1, -0.05) is 6.58 Å². The molecule has 2 aromatic heterocycles. The van der Waals surface area contributed by atoms with E-state index in [0.717, 1.165) is 0 Å². The summed E-state index contributed by atoms with van der Waals surface area (Å²) < 4.78 is 55.5. The van der Waals surface area contributed by atoms with E-state index in [0.29, 0.717) is 0 Å². The zero-order valence-electron chi connectivity index (χ0n) is 24.6. The predicted molar refractivity (Wildman–Crippen MR) is 150 cm³/mol. The largest absolute Gasteiger partial charge is 0.510 e. The van der Waals surface area contributed by atoms with Crippen LogP contribution in [0.25, 0.3) is 11.2 Å². The number of nitrogens with zero attached hydrogens (tertiary/aromatic N) is 4. The van der Waals surface area contributed by atoms with E-state index in [1.165, 1.54) is 24.1 Å². The van der Waals surface area contributed by atoms with Crippen LogP contribution in [0.15, 0.2) is 24.8 Å². The Balaban J connectivity index is 1.87. The number of nitrogen functional groups attached to an aromatic ring is 1. The lowest BCUT2D eigenvalue weighted by atomic mass is 9.83. The fraction of sp³-hybridized carbons (Fsp3) is 0.625. The van der Waals surface area contributed by atoms with Crippen LogP contribution in [0.4, 0.5) is 15.4 Å². The van der Waals surface area contributed by atoms with Gasteiger partial charge in [0.2, 0.25) is 13.6 Å². The molecule has 1 saturated heterocycles. The summed E-state index contributed by atoms with van der Waals surface area (Å²) in [5, 5.41) is 23.2. The van der Waals surface area contributed by atoms with Crippen molar-refractivity contribution in [2.45, 2.75) is 70.4 Å². The minimum atomic E-state index is -4.80. The van der Waals surface area contributed by atoms with Gasteiger partial charge in [-0.2, -0.15) is 0 Å². The summed E-state index contributed by atoms with van der Waals surface area (Å²) in [6, 6.07) is 0. The fourth-order valence-electron chi connectivity index (χ4n) is 3.95. The topological polar surface area (TPSA) is 235 Å². The van der Waals surface area contributed by atoms with Gasteiger partial charge in [-0.05, 0) is 40.2 Å². The molecule has 3 rings (SSSR count). The van der Waals surface area contributed by atoms with E-state index in [1.54, 1.807) is 27.7 Å². The van der Waals surface area contributed by atoms with E-state index in [9.17, 15) is 24.4 Å². The van der Waals surface area contributed by atoms with Crippen molar-refractivity contribution in [3.63, 3.8) is 0 Å². The van der Waals surface area contributed by atoms with Gasteiger partial charge in [0, 0.05) is 0 Å². The van der Waals surface area contributed by atoms with E-state index < -0.39 is 81.9 Å².